The smallest absolute Gasteiger partial charge is 0.254 e. The highest BCUT2D eigenvalue weighted by Gasteiger charge is 2.31. The first-order valence-corrected chi connectivity index (χ1v) is 9.74. The largest absolute Gasteiger partial charge is 0.395 e. The van der Waals surface area contributed by atoms with Crippen LogP contribution in [-0.4, -0.2) is 62.9 Å². The molecule has 0 saturated carbocycles. The van der Waals surface area contributed by atoms with Crippen molar-refractivity contribution >= 4 is 11.8 Å². The van der Waals surface area contributed by atoms with Gasteiger partial charge in [0.25, 0.3) is 5.91 Å². The predicted octanol–water partition coefficient (Wildman–Crippen LogP) is 1.90. The predicted molar refractivity (Wildman–Crippen MR) is 106 cm³/mol. The third-order valence-corrected chi connectivity index (χ3v) is 5.31. The Morgan fingerprint density at radius 1 is 1.25 bits per heavy atom. The van der Waals surface area contributed by atoms with Crippen LogP contribution in [0.3, 0.4) is 0 Å². The van der Waals surface area contributed by atoms with Crippen molar-refractivity contribution < 1.29 is 14.7 Å². The number of aromatic nitrogens is 2. The van der Waals surface area contributed by atoms with Gasteiger partial charge in [0, 0.05) is 31.1 Å². The molecule has 7 nitrogen and oxygen atoms in total. The number of aliphatic hydroxyl groups excluding tert-OH is 1. The second kappa shape index (κ2) is 9.01. The summed E-state index contributed by atoms with van der Waals surface area (Å²) in [5.41, 5.74) is 2.55. The average Bonchev–Trinajstić information content (AvgIpc) is 3.12. The van der Waals surface area contributed by atoms with Crippen LogP contribution in [0.15, 0.2) is 30.5 Å². The third-order valence-electron chi connectivity index (χ3n) is 5.31. The SMILES string of the molecule is Cc1ncc(CN(CCO)C(=O)C2CCN(C(=O)c3ccccc3C)CC2)[nH]1. The number of piperidine rings is 1. The summed E-state index contributed by atoms with van der Waals surface area (Å²) in [6, 6.07) is 7.59. The van der Waals surface area contributed by atoms with Crippen molar-refractivity contribution in [3.63, 3.8) is 0 Å². The summed E-state index contributed by atoms with van der Waals surface area (Å²) in [6.45, 7) is 5.56. The second-order valence-electron chi connectivity index (χ2n) is 7.36. The van der Waals surface area contributed by atoms with E-state index in [0.717, 1.165) is 22.6 Å². The minimum absolute atomic E-state index is 0.0316. The molecule has 2 heterocycles. The van der Waals surface area contributed by atoms with E-state index in [4.69, 9.17) is 0 Å². The van der Waals surface area contributed by atoms with Crippen molar-refractivity contribution in [3.8, 4) is 0 Å². The van der Waals surface area contributed by atoms with Gasteiger partial charge in [-0.2, -0.15) is 0 Å². The molecule has 1 aliphatic heterocycles. The van der Waals surface area contributed by atoms with E-state index in [9.17, 15) is 14.7 Å². The molecular weight excluding hydrogens is 356 g/mol. The Balaban J connectivity index is 1.60. The van der Waals surface area contributed by atoms with Gasteiger partial charge in [0.1, 0.15) is 5.82 Å². The quantitative estimate of drug-likeness (QED) is 0.796. The zero-order chi connectivity index (χ0) is 20.1. The lowest BCUT2D eigenvalue weighted by Crippen LogP contribution is -2.45. The van der Waals surface area contributed by atoms with E-state index in [-0.39, 0.29) is 24.3 Å². The summed E-state index contributed by atoms with van der Waals surface area (Å²) in [7, 11) is 0. The summed E-state index contributed by atoms with van der Waals surface area (Å²) in [4.78, 5) is 36.5. The topological polar surface area (TPSA) is 89.5 Å². The Kier molecular flexibility index (Phi) is 6.46. The summed E-state index contributed by atoms with van der Waals surface area (Å²) >= 11 is 0. The molecule has 0 bridgehead atoms. The van der Waals surface area contributed by atoms with E-state index >= 15 is 0 Å². The number of carbonyl (C=O) groups is 2. The number of H-pyrrole nitrogens is 1. The van der Waals surface area contributed by atoms with E-state index in [1.807, 2.05) is 43.0 Å². The van der Waals surface area contributed by atoms with Crippen molar-refractivity contribution in [2.75, 3.05) is 26.2 Å². The van der Waals surface area contributed by atoms with Crippen LogP contribution < -0.4 is 0 Å². The Bertz CT molecular complexity index is 825. The molecule has 7 heteroatoms. The van der Waals surface area contributed by atoms with Crippen molar-refractivity contribution in [1.82, 2.24) is 19.8 Å². The molecule has 1 fully saturated rings. The summed E-state index contributed by atoms with van der Waals surface area (Å²) in [5.74, 6) is 0.736. The number of likely N-dealkylation sites (tertiary alicyclic amines) is 1. The highest BCUT2D eigenvalue weighted by Crippen LogP contribution is 2.23. The number of aryl methyl sites for hydroxylation is 2. The van der Waals surface area contributed by atoms with Gasteiger partial charge in [-0.25, -0.2) is 4.98 Å². The lowest BCUT2D eigenvalue weighted by atomic mass is 9.94. The van der Waals surface area contributed by atoms with Crippen molar-refractivity contribution in [2.24, 2.45) is 5.92 Å². The van der Waals surface area contributed by atoms with Gasteiger partial charge in [-0.15, -0.1) is 0 Å². The van der Waals surface area contributed by atoms with Crippen LogP contribution in [-0.2, 0) is 11.3 Å². The number of hydrogen-bond donors (Lipinski definition) is 2. The molecular formula is C21H28N4O3. The third kappa shape index (κ3) is 4.59. The molecule has 1 aromatic heterocycles. The Labute approximate surface area is 165 Å². The van der Waals surface area contributed by atoms with Gasteiger partial charge in [0.2, 0.25) is 5.91 Å². The van der Waals surface area contributed by atoms with Gasteiger partial charge in [-0.3, -0.25) is 9.59 Å². The molecule has 28 heavy (non-hydrogen) atoms. The number of rotatable bonds is 6. The molecule has 2 amide bonds. The van der Waals surface area contributed by atoms with Gasteiger partial charge in [0.05, 0.1) is 25.0 Å². The number of carbonyl (C=O) groups excluding carboxylic acids is 2. The van der Waals surface area contributed by atoms with Crippen molar-refractivity contribution in [2.45, 2.75) is 33.2 Å². The first kappa shape index (κ1) is 20.1. The lowest BCUT2D eigenvalue weighted by molar-refractivity contribution is -0.138. The number of benzene rings is 1. The van der Waals surface area contributed by atoms with Gasteiger partial charge >= 0.3 is 0 Å². The van der Waals surface area contributed by atoms with Crippen LogP contribution in [0.2, 0.25) is 0 Å². The summed E-state index contributed by atoms with van der Waals surface area (Å²) < 4.78 is 0. The van der Waals surface area contributed by atoms with Crippen LogP contribution in [0.25, 0.3) is 0 Å². The van der Waals surface area contributed by atoms with E-state index in [1.165, 1.54) is 0 Å². The fourth-order valence-electron chi connectivity index (χ4n) is 3.72. The lowest BCUT2D eigenvalue weighted by Gasteiger charge is -2.34. The fraction of sp³-hybridized carbons (Fsp3) is 0.476. The first-order valence-electron chi connectivity index (χ1n) is 9.74. The maximum atomic E-state index is 13.0. The number of aromatic amines is 1. The fourth-order valence-corrected chi connectivity index (χ4v) is 3.72. The molecule has 0 atom stereocenters. The van der Waals surface area contributed by atoms with Crippen LogP contribution >= 0.6 is 0 Å². The minimum atomic E-state index is -0.128. The first-order chi connectivity index (χ1) is 13.5. The molecule has 2 N–H and O–H groups in total. The molecule has 150 valence electrons. The molecule has 2 aromatic rings. The van der Waals surface area contributed by atoms with E-state index in [1.54, 1.807) is 11.1 Å². The standard InChI is InChI=1S/C21H28N4O3/c1-15-5-3-4-6-19(15)21(28)24-9-7-17(8-10-24)20(27)25(11-12-26)14-18-13-22-16(2)23-18/h3-6,13,17,26H,7-12,14H2,1-2H3,(H,22,23). The maximum absolute atomic E-state index is 13.0. The highest BCUT2D eigenvalue weighted by atomic mass is 16.3. The molecule has 1 aromatic carbocycles. The molecule has 0 unspecified atom stereocenters. The molecule has 0 aliphatic carbocycles. The normalized spacial score (nSPS) is 14.9. The number of imidazole rings is 1. The van der Waals surface area contributed by atoms with Crippen LogP contribution in [0.5, 0.6) is 0 Å². The average molecular weight is 384 g/mol. The Hall–Kier alpha value is -2.67. The van der Waals surface area contributed by atoms with Gasteiger partial charge in [-0.1, -0.05) is 18.2 Å². The number of nitrogens with zero attached hydrogens (tertiary/aromatic N) is 3. The monoisotopic (exact) mass is 384 g/mol. The zero-order valence-electron chi connectivity index (χ0n) is 16.5. The van der Waals surface area contributed by atoms with Crippen LogP contribution in [0.4, 0.5) is 0 Å². The number of hydrogen-bond acceptors (Lipinski definition) is 4. The Morgan fingerprint density at radius 3 is 2.57 bits per heavy atom. The summed E-state index contributed by atoms with van der Waals surface area (Å²) in [6.07, 6.45) is 3.00. The molecule has 1 aliphatic rings. The van der Waals surface area contributed by atoms with Crippen LogP contribution in [0, 0.1) is 19.8 Å². The minimum Gasteiger partial charge on any atom is -0.395 e. The van der Waals surface area contributed by atoms with Gasteiger partial charge in [0.15, 0.2) is 0 Å². The molecule has 3 rings (SSSR count). The molecule has 0 radical (unpaired) electrons. The highest BCUT2D eigenvalue weighted by molar-refractivity contribution is 5.95. The van der Waals surface area contributed by atoms with E-state index in [0.29, 0.717) is 39.0 Å². The van der Waals surface area contributed by atoms with Crippen molar-refractivity contribution in [1.29, 1.82) is 0 Å². The maximum Gasteiger partial charge on any atom is 0.254 e. The molecule has 0 spiro atoms. The summed E-state index contributed by atoms with van der Waals surface area (Å²) in [5, 5.41) is 9.36. The Morgan fingerprint density at radius 2 is 1.96 bits per heavy atom. The second-order valence-corrected chi connectivity index (χ2v) is 7.36. The number of aliphatic hydroxyl groups is 1. The van der Waals surface area contributed by atoms with Crippen molar-refractivity contribution in [3.05, 3.63) is 53.1 Å². The molecule has 1 saturated heterocycles. The number of amides is 2. The van der Waals surface area contributed by atoms with Crippen LogP contribution in [0.1, 0.15) is 40.3 Å². The van der Waals surface area contributed by atoms with Gasteiger partial charge in [-0.05, 0) is 38.3 Å². The van der Waals surface area contributed by atoms with Gasteiger partial charge < -0.3 is 19.9 Å². The number of nitrogens with one attached hydrogen (secondary N) is 1. The van der Waals surface area contributed by atoms with E-state index < -0.39 is 0 Å². The van der Waals surface area contributed by atoms with E-state index in [2.05, 4.69) is 9.97 Å². The zero-order valence-corrected chi connectivity index (χ0v) is 16.5.